The summed E-state index contributed by atoms with van der Waals surface area (Å²) in [5.74, 6) is 0.0990. The van der Waals surface area contributed by atoms with Crippen molar-refractivity contribution in [2.75, 3.05) is 26.2 Å². The smallest absolute Gasteiger partial charge is 0.274 e. The Labute approximate surface area is 145 Å². The third-order valence-corrected chi connectivity index (χ3v) is 5.39. The van der Waals surface area contributed by atoms with Crippen LogP contribution < -0.4 is 5.32 Å². The summed E-state index contributed by atoms with van der Waals surface area (Å²) in [5.41, 5.74) is 0.870. The van der Waals surface area contributed by atoms with Crippen molar-refractivity contribution in [3.05, 3.63) is 18.0 Å². The van der Waals surface area contributed by atoms with Crippen LogP contribution >= 0.6 is 12.4 Å². The Kier molecular flexibility index (Phi) is 6.09. The van der Waals surface area contributed by atoms with Gasteiger partial charge in [0.2, 0.25) is 0 Å². The number of likely N-dealkylation sites (tertiary alicyclic amines) is 1. The van der Waals surface area contributed by atoms with Gasteiger partial charge in [0.25, 0.3) is 5.91 Å². The summed E-state index contributed by atoms with van der Waals surface area (Å²) in [6.07, 6.45) is 7.72. The maximum Gasteiger partial charge on any atom is 0.274 e. The molecule has 0 radical (unpaired) electrons. The van der Waals surface area contributed by atoms with Crippen LogP contribution in [0.3, 0.4) is 0 Å². The summed E-state index contributed by atoms with van der Waals surface area (Å²) in [6, 6.07) is 2.27. The van der Waals surface area contributed by atoms with Crippen LogP contribution in [-0.4, -0.2) is 46.8 Å². The lowest BCUT2D eigenvalue weighted by Gasteiger charge is -2.39. The van der Waals surface area contributed by atoms with E-state index < -0.39 is 0 Å². The summed E-state index contributed by atoms with van der Waals surface area (Å²) < 4.78 is 1.97. The van der Waals surface area contributed by atoms with Crippen molar-refractivity contribution in [2.24, 2.45) is 5.41 Å². The fraction of sp³-hybridized carbons (Fsp3) is 0.765. The van der Waals surface area contributed by atoms with E-state index in [1.54, 1.807) is 0 Å². The second-order valence-electron chi connectivity index (χ2n) is 7.18. The number of piperidine rings is 2. The fourth-order valence-electron chi connectivity index (χ4n) is 3.65. The molecule has 2 unspecified atom stereocenters. The molecule has 2 saturated heterocycles. The van der Waals surface area contributed by atoms with Crippen molar-refractivity contribution in [2.45, 2.75) is 52.0 Å². The molecule has 1 amide bonds. The fourth-order valence-corrected chi connectivity index (χ4v) is 3.65. The van der Waals surface area contributed by atoms with Crippen molar-refractivity contribution in [1.29, 1.82) is 0 Å². The normalized spacial score (nSPS) is 28.3. The van der Waals surface area contributed by atoms with Crippen molar-refractivity contribution in [1.82, 2.24) is 20.0 Å². The van der Waals surface area contributed by atoms with Crippen molar-refractivity contribution < 1.29 is 4.79 Å². The van der Waals surface area contributed by atoms with Gasteiger partial charge in [-0.2, -0.15) is 5.10 Å². The summed E-state index contributed by atoms with van der Waals surface area (Å²) in [6.45, 7) is 8.28. The molecular formula is C17H29ClN4O. The standard InChI is InChI=1S/C17H28N4O.ClH/c1-3-17(2)8-5-10-20(13-17)16(22)15-7-11-21(19-15)14-6-4-9-18-12-14;/h7,11,14,18H,3-6,8-10,12-13H2,1-2H3;1H. The average molecular weight is 341 g/mol. The number of aromatic nitrogens is 2. The number of hydrogen-bond donors (Lipinski definition) is 1. The van der Waals surface area contributed by atoms with E-state index in [1.807, 2.05) is 21.8 Å². The van der Waals surface area contributed by atoms with Crippen molar-refractivity contribution >= 4 is 18.3 Å². The summed E-state index contributed by atoms with van der Waals surface area (Å²) in [7, 11) is 0. The lowest BCUT2D eigenvalue weighted by atomic mass is 9.79. The quantitative estimate of drug-likeness (QED) is 0.920. The first kappa shape index (κ1) is 18.3. The molecule has 0 spiro atoms. The first-order chi connectivity index (χ1) is 10.6. The molecule has 0 saturated carbocycles. The zero-order valence-electron chi connectivity index (χ0n) is 14.3. The zero-order valence-corrected chi connectivity index (χ0v) is 15.1. The molecule has 1 N–H and O–H groups in total. The largest absolute Gasteiger partial charge is 0.337 e. The molecule has 3 rings (SSSR count). The summed E-state index contributed by atoms with van der Waals surface area (Å²) in [5, 5.41) is 7.97. The monoisotopic (exact) mass is 340 g/mol. The summed E-state index contributed by atoms with van der Waals surface area (Å²) >= 11 is 0. The first-order valence-electron chi connectivity index (χ1n) is 8.66. The Balaban J connectivity index is 0.00000192. The molecule has 2 aliphatic heterocycles. The van der Waals surface area contributed by atoms with E-state index in [-0.39, 0.29) is 23.7 Å². The van der Waals surface area contributed by atoms with Gasteiger partial charge in [0.15, 0.2) is 0 Å². The zero-order chi connectivity index (χ0) is 15.6. The number of rotatable bonds is 3. The predicted molar refractivity (Wildman–Crippen MR) is 94.2 cm³/mol. The minimum Gasteiger partial charge on any atom is -0.337 e. The minimum atomic E-state index is 0. The van der Waals surface area contributed by atoms with Crippen molar-refractivity contribution in [3.63, 3.8) is 0 Å². The highest BCUT2D eigenvalue weighted by Gasteiger charge is 2.32. The second-order valence-corrected chi connectivity index (χ2v) is 7.18. The first-order valence-corrected chi connectivity index (χ1v) is 8.66. The van der Waals surface area contributed by atoms with E-state index in [2.05, 4.69) is 24.3 Å². The number of halogens is 1. The van der Waals surface area contributed by atoms with Crippen molar-refractivity contribution in [3.8, 4) is 0 Å². The molecule has 5 nitrogen and oxygen atoms in total. The van der Waals surface area contributed by atoms with Crippen LogP contribution in [0.25, 0.3) is 0 Å². The molecular weight excluding hydrogens is 312 g/mol. The highest BCUT2D eigenvalue weighted by atomic mass is 35.5. The Morgan fingerprint density at radius 2 is 2.30 bits per heavy atom. The molecule has 3 heterocycles. The minimum absolute atomic E-state index is 0. The Bertz CT molecular complexity index is 526. The lowest BCUT2D eigenvalue weighted by Crippen LogP contribution is -2.44. The molecule has 2 atom stereocenters. The van der Waals surface area contributed by atoms with Crippen LogP contribution in [0.5, 0.6) is 0 Å². The second kappa shape index (κ2) is 7.67. The van der Waals surface area contributed by atoms with Gasteiger partial charge in [-0.3, -0.25) is 9.48 Å². The van der Waals surface area contributed by atoms with Gasteiger partial charge in [-0.1, -0.05) is 13.8 Å². The maximum absolute atomic E-state index is 12.7. The molecule has 23 heavy (non-hydrogen) atoms. The third-order valence-electron chi connectivity index (χ3n) is 5.39. The number of carbonyl (C=O) groups excluding carboxylic acids is 1. The number of carbonyl (C=O) groups is 1. The molecule has 0 aliphatic carbocycles. The molecule has 130 valence electrons. The molecule has 1 aromatic heterocycles. The molecule has 1 aromatic rings. The van der Waals surface area contributed by atoms with E-state index in [9.17, 15) is 4.79 Å². The van der Waals surface area contributed by atoms with Gasteiger partial charge in [-0.15, -0.1) is 12.4 Å². The van der Waals surface area contributed by atoms with Gasteiger partial charge >= 0.3 is 0 Å². The van der Waals surface area contributed by atoms with Crippen LogP contribution in [0, 0.1) is 5.41 Å². The molecule has 2 aliphatic rings. The molecule has 6 heteroatoms. The number of nitrogens with one attached hydrogen (secondary N) is 1. The highest BCUT2D eigenvalue weighted by Crippen LogP contribution is 2.33. The highest BCUT2D eigenvalue weighted by molar-refractivity contribution is 5.92. The predicted octanol–water partition coefficient (Wildman–Crippen LogP) is 2.88. The third kappa shape index (κ3) is 4.07. The van der Waals surface area contributed by atoms with Crippen LogP contribution in [-0.2, 0) is 0 Å². The van der Waals surface area contributed by atoms with Crippen LogP contribution in [0.1, 0.15) is 62.5 Å². The van der Waals surface area contributed by atoms with Gasteiger partial charge in [0.05, 0.1) is 6.04 Å². The molecule has 2 fully saturated rings. The van der Waals surface area contributed by atoms with Gasteiger partial charge in [0, 0.05) is 25.8 Å². The SMILES string of the molecule is CCC1(C)CCCN(C(=O)c2ccn(C3CCCNC3)n2)C1.Cl. The Morgan fingerprint density at radius 1 is 1.48 bits per heavy atom. The number of hydrogen-bond acceptors (Lipinski definition) is 3. The summed E-state index contributed by atoms with van der Waals surface area (Å²) in [4.78, 5) is 14.7. The van der Waals surface area contributed by atoms with Gasteiger partial charge in [-0.05, 0) is 50.1 Å². The van der Waals surface area contributed by atoms with E-state index in [0.717, 1.165) is 45.4 Å². The van der Waals surface area contributed by atoms with Gasteiger partial charge in [-0.25, -0.2) is 0 Å². The van der Waals surface area contributed by atoms with E-state index in [4.69, 9.17) is 0 Å². The molecule has 0 aromatic carbocycles. The van der Waals surface area contributed by atoms with Crippen LogP contribution in [0.2, 0.25) is 0 Å². The topological polar surface area (TPSA) is 50.2 Å². The van der Waals surface area contributed by atoms with Crippen LogP contribution in [0.4, 0.5) is 0 Å². The van der Waals surface area contributed by atoms with E-state index in [0.29, 0.717) is 11.7 Å². The van der Waals surface area contributed by atoms with Gasteiger partial charge in [0.1, 0.15) is 5.69 Å². The Morgan fingerprint density at radius 3 is 3.00 bits per heavy atom. The van der Waals surface area contributed by atoms with E-state index in [1.165, 1.54) is 12.8 Å². The van der Waals surface area contributed by atoms with Crippen LogP contribution in [0.15, 0.2) is 12.3 Å². The lowest BCUT2D eigenvalue weighted by molar-refractivity contribution is 0.0536. The van der Waals surface area contributed by atoms with Gasteiger partial charge < -0.3 is 10.2 Å². The maximum atomic E-state index is 12.7. The number of nitrogens with zero attached hydrogens (tertiary/aromatic N) is 3. The number of amides is 1. The molecule has 0 bridgehead atoms. The van der Waals surface area contributed by atoms with E-state index >= 15 is 0 Å². The Hall–Kier alpha value is -1.07. The average Bonchev–Trinajstić information content (AvgIpc) is 3.05.